The average molecular weight is 233 g/mol. The lowest BCUT2D eigenvalue weighted by Gasteiger charge is -1.98. The molecule has 0 aliphatic heterocycles. The molecule has 2 aromatic rings. The topological polar surface area (TPSA) is 46.2 Å². The van der Waals surface area contributed by atoms with Crippen LogP contribution >= 0.6 is 11.3 Å². The van der Waals surface area contributed by atoms with E-state index >= 15 is 0 Å². The van der Waals surface area contributed by atoms with Crippen LogP contribution in [0.15, 0.2) is 29.6 Å². The molecule has 1 N–H and O–H groups in total. The zero-order chi connectivity index (χ0) is 11.5. The summed E-state index contributed by atoms with van der Waals surface area (Å²) in [5.74, 6) is -0.378. The highest BCUT2D eigenvalue weighted by atomic mass is 32.1. The number of carbonyl (C=O) groups excluding carboxylic acids is 2. The Hall–Kier alpha value is -1.68. The third kappa shape index (κ3) is 1.97. The number of thiophene rings is 1. The molecule has 0 fully saturated rings. The Balaban J connectivity index is 2.33. The molecular weight excluding hydrogens is 222 g/mol. The number of nitrogens with one attached hydrogen (secondary N) is 1. The van der Waals surface area contributed by atoms with E-state index in [2.05, 4.69) is 5.32 Å². The molecule has 0 radical (unpaired) electrons. The van der Waals surface area contributed by atoms with Crippen molar-refractivity contribution in [1.29, 1.82) is 0 Å². The van der Waals surface area contributed by atoms with Gasteiger partial charge in [-0.05, 0) is 6.07 Å². The Kier molecular flexibility index (Phi) is 3.01. The molecule has 1 amide bonds. The monoisotopic (exact) mass is 233 g/mol. The lowest BCUT2D eigenvalue weighted by molar-refractivity contribution is -0.119. The minimum absolute atomic E-state index is 0.0861. The number of rotatable bonds is 3. The number of hydrogen-bond acceptors (Lipinski definition) is 3. The smallest absolute Gasteiger partial charge is 0.227 e. The van der Waals surface area contributed by atoms with Gasteiger partial charge in [-0.1, -0.05) is 18.2 Å². The molecule has 4 heteroatoms. The first kappa shape index (κ1) is 10.8. The van der Waals surface area contributed by atoms with Crippen molar-refractivity contribution in [3.63, 3.8) is 0 Å². The largest absolute Gasteiger partial charge is 0.359 e. The van der Waals surface area contributed by atoms with Gasteiger partial charge in [-0.15, -0.1) is 11.3 Å². The first-order valence-electron chi connectivity index (χ1n) is 4.92. The number of fused-ring (bicyclic) bond motifs is 1. The number of Topliss-reactive ketones (excluding diaryl/α,β-unsaturated/α-hetero) is 1. The van der Waals surface area contributed by atoms with Crippen LogP contribution in [0.3, 0.4) is 0 Å². The van der Waals surface area contributed by atoms with E-state index in [1.54, 1.807) is 0 Å². The van der Waals surface area contributed by atoms with Crippen molar-refractivity contribution < 1.29 is 9.59 Å². The molecule has 0 saturated heterocycles. The summed E-state index contributed by atoms with van der Waals surface area (Å²) in [6.07, 6.45) is -0.0861. The Morgan fingerprint density at radius 1 is 1.31 bits per heavy atom. The fourth-order valence-electron chi connectivity index (χ4n) is 1.52. The Bertz CT molecular complexity index is 545. The van der Waals surface area contributed by atoms with E-state index < -0.39 is 0 Å². The Morgan fingerprint density at radius 3 is 2.81 bits per heavy atom. The summed E-state index contributed by atoms with van der Waals surface area (Å²) in [6.45, 7) is 0. The van der Waals surface area contributed by atoms with E-state index in [0.717, 1.165) is 10.1 Å². The number of ketones is 1. The van der Waals surface area contributed by atoms with Crippen LogP contribution < -0.4 is 5.32 Å². The molecule has 2 rings (SSSR count). The highest BCUT2D eigenvalue weighted by Crippen LogP contribution is 2.26. The van der Waals surface area contributed by atoms with Crippen LogP contribution in [0.2, 0.25) is 0 Å². The molecule has 0 spiro atoms. The molecule has 0 saturated carbocycles. The molecule has 0 unspecified atom stereocenters. The Morgan fingerprint density at radius 2 is 2.06 bits per heavy atom. The van der Waals surface area contributed by atoms with Crippen LogP contribution in [-0.4, -0.2) is 18.7 Å². The number of benzene rings is 1. The zero-order valence-corrected chi connectivity index (χ0v) is 9.64. The lowest BCUT2D eigenvalue weighted by atomic mass is 10.1. The maximum atomic E-state index is 11.8. The normalized spacial score (nSPS) is 10.3. The van der Waals surface area contributed by atoms with Gasteiger partial charge in [-0.25, -0.2) is 0 Å². The van der Waals surface area contributed by atoms with Crippen molar-refractivity contribution in [2.45, 2.75) is 6.42 Å². The van der Waals surface area contributed by atoms with Crippen LogP contribution in [0.5, 0.6) is 0 Å². The fourth-order valence-corrected chi connectivity index (χ4v) is 2.49. The molecule has 3 nitrogen and oxygen atoms in total. The van der Waals surface area contributed by atoms with Gasteiger partial charge < -0.3 is 5.32 Å². The van der Waals surface area contributed by atoms with Gasteiger partial charge in [-0.2, -0.15) is 0 Å². The first-order chi connectivity index (χ1) is 7.72. The standard InChI is InChI=1S/C12H11NO2S/c1-13-12(15)6-10(14)9-7-16-11-5-3-2-4-8(9)11/h2-5,7H,6H2,1H3,(H,13,15). The minimum Gasteiger partial charge on any atom is -0.359 e. The summed E-state index contributed by atoms with van der Waals surface area (Å²) in [4.78, 5) is 23.0. The predicted molar refractivity (Wildman–Crippen MR) is 64.8 cm³/mol. The van der Waals surface area contributed by atoms with E-state index in [1.165, 1.54) is 18.4 Å². The highest BCUT2D eigenvalue weighted by molar-refractivity contribution is 7.17. The molecule has 1 heterocycles. The molecule has 0 aliphatic rings. The van der Waals surface area contributed by atoms with E-state index in [-0.39, 0.29) is 18.1 Å². The van der Waals surface area contributed by atoms with Gasteiger partial charge in [0, 0.05) is 28.1 Å². The van der Waals surface area contributed by atoms with Crippen molar-refractivity contribution in [3.8, 4) is 0 Å². The molecule has 16 heavy (non-hydrogen) atoms. The van der Waals surface area contributed by atoms with Crippen molar-refractivity contribution in [3.05, 3.63) is 35.2 Å². The van der Waals surface area contributed by atoms with Crippen molar-refractivity contribution in [1.82, 2.24) is 5.32 Å². The van der Waals surface area contributed by atoms with Crippen LogP contribution in [0.1, 0.15) is 16.8 Å². The average Bonchev–Trinajstić information content (AvgIpc) is 2.72. The van der Waals surface area contributed by atoms with Gasteiger partial charge in [0.2, 0.25) is 5.91 Å². The van der Waals surface area contributed by atoms with Crippen molar-refractivity contribution in [2.24, 2.45) is 0 Å². The summed E-state index contributed by atoms with van der Waals surface area (Å²) < 4.78 is 1.07. The summed E-state index contributed by atoms with van der Waals surface area (Å²) in [6, 6.07) is 7.71. The highest BCUT2D eigenvalue weighted by Gasteiger charge is 2.14. The van der Waals surface area contributed by atoms with Gasteiger partial charge in [0.1, 0.15) is 0 Å². The van der Waals surface area contributed by atoms with E-state index in [4.69, 9.17) is 0 Å². The SMILES string of the molecule is CNC(=O)CC(=O)c1csc2ccccc12. The number of carbonyl (C=O) groups is 2. The van der Waals surface area contributed by atoms with Gasteiger partial charge in [-0.3, -0.25) is 9.59 Å². The molecule has 82 valence electrons. The van der Waals surface area contributed by atoms with Gasteiger partial charge in [0.05, 0.1) is 6.42 Å². The van der Waals surface area contributed by atoms with Crippen LogP contribution in [0, 0.1) is 0 Å². The molecular formula is C12H11NO2S. The fraction of sp³-hybridized carbons (Fsp3) is 0.167. The van der Waals surface area contributed by atoms with Gasteiger partial charge in [0.15, 0.2) is 5.78 Å². The van der Waals surface area contributed by atoms with Gasteiger partial charge in [0.25, 0.3) is 0 Å². The predicted octanol–water partition coefficient (Wildman–Crippen LogP) is 2.22. The summed E-state index contributed by atoms with van der Waals surface area (Å²) in [5.41, 5.74) is 0.643. The third-order valence-electron chi connectivity index (χ3n) is 2.38. The quantitative estimate of drug-likeness (QED) is 0.652. The van der Waals surface area contributed by atoms with Crippen LogP contribution in [0.4, 0.5) is 0 Å². The molecule has 1 aromatic heterocycles. The summed E-state index contributed by atoms with van der Waals surface area (Å²) >= 11 is 1.52. The second-order valence-electron chi connectivity index (χ2n) is 3.42. The third-order valence-corrected chi connectivity index (χ3v) is 3.34. The first-order valence-corrected chi connectivity index (χ1v) is 5.80. The second-order valence-corrected chi connectivity index (χ2v) is 4.33. The van der Waals surface area contributed by atoms with E-state index in [0.29, 0.717) is 5.56 Å². The molecule has 0 bridgehead atoms. The second kappa shape index (κ2) is 4.45. The zero-order valence-electron chi connectivity index (χ0n) is 8.82. The number of hydrogen-bond donors (Lipinski definition) is 1. The van der Waals surface area contributed by atoms with E-state index in [9.17, 15) is 9.59 Å². The molecule has 0 atom stereocenters. The van der Waals surface area contributed by atoms with Crippen LogP contribution in [0.25, 0.3) is 10.1 Å². The van der Waals surface area contributed by atoms with Crippen molar-refractivity contribution >= 4 is 33.1 Å². The summed E-state index contributed by atoms with van der Waals surface area (Å²) in [5, 5.41) is 5.20. The molecule has 0 aliphatic carbocycles. The summed E-state index contributed by atoms with van der Waals surface area (Å²) in [7, 11) is 1.53. The maximum absolute atomic E-state index is 11.8. The maximum Gasteiger partial charge on any atom is 0.227 e. The molecule has 1 aromatic carbocycles. The Labute approximate surface area is 97.1 Å². The lowest BCUT2D eigenvalue weighted by Crippen LogP contribution is -2.21. The van der Waals surface area contributed by atoms with E-state index in [1.807, 2.05) is 29.6 Å². The van der Waals surface area contributed by atoms with Crippen LogP contribution in [-0.2, 0) is 4.79 Å². The van der Waals surface area contributed by atoms with Crippen molar-refractivity contribution in [2.75, 3.05) is 7.05 Å². The minimum atomic E-state index is -0.250. The number of amides is 1. The van der Waals surface area contributed by atoms with Gasteiger partial charge >= 0.3 is 0 Å².